The molecule has 2 rings (SSSR count). The van der Waals surface area contributed by atoms with Crippen molar-refractivity contribution in [2.45, 2.75) is 92.1 Å². The highest BCUT2D eigenvalue weighted by molar-refractivity contribution is 5.93. The molecule has 2 aromatic heterocycles. The molecule has 3 amide bonds. The van der Waals surface area contributed by atoms with Gasteiger partial charge >= 0.3 is 6.09 Å². The van der Waals surface area contributed by atoms with Crippen LogP contribution in [0, 0.1) is 0 Å². The van der Waals surface area contributed by atoms with E-state index in [-0.39, 0.29) is 60.3 Å². The highest BCUT2D eigenvalue weighted by Crippen LogP contribution is 2.08. The third-order valence-corrected chi connectivity index (χ3v) is 4.88. The van der Waals surface area contributed by atoms with Gasteiger partial charge in [0.05, 0.1) is 25.7 Å². The van der Waals surface area contributed by atoms with Crippen molar-refractivity contribution in [3.05, 3.63) is 59.7 Å². The molecule has 0 spiro atoms. The Balaban J connectivity index is 0.000000453. The molecule has 0 unspecified atom stereocenters. The second kappa shape index (κ2) is 16.0. The Morgan fingerprint density at radius 3 is 1.58 bits per heavy atom. The third kappa shape index (κ3) is 15.7. The summed E-state index contributed by atoms with van der Waals surface area (Å²) in [5, 5.41) is 16.3. The smallest absolute Gasteiger partial charge is 0.407 e. The van der Waals surface area contributed by atoms with Crippen molar-refractivity contribution >= 4 is 17.9 Å². The maximum atomic E-state index is 13.0. The van der Waals surface area contributed by atoms with Gasteiger partial charge in [0.1, 0.15) is 17.0 Å². The lowest BCUT2D eigenvalue weighted by Gasteiger charge is -2.20. The number of hydrogen-bond acceptors (Lipinski definition) is 7. The molecule has 0 bridgehead atoms. The van der Waals surface area contributed by atoms with Crippen LogP contribution in [0.2, 0.25) is 0 Å². The molecule has 240 valence electrons. The summed E-state index contributed by atoms with van der Waals surface area (Å²) in [6, 6.07) is 3.14. The van der Waals surface area contributed by atoms with E-state index in [0.29, 0.717) is 23.9 Å². The summed E-state index contributed by atoms with van der Waals surface area (Å²) in [7, 11) is 0. The van der Waals surface area contributed by atoms with Crippen molar-refractivity contribution in [2.24, 2.45) is 5.73 Å². The summed E-state index contributed by atoms with van der Waals surface area (Å²) in [6.07, 6.45) is 3.45. The summed E-state index contributed by atoms with van der Waals surface area (Å²) in [4.78, 5) is 35.4. The lowest BCUT2D eigenvalue weighted by atomic mass is 10.1. The average Bonchev–Trinajstić information content (AvgIpc) is 3.52. The largest absolute Gasteiger partial charge is 0.444 e. The van der Waals surface area contributed by atoms with E-state index >= 15 is 0 Å². The number of carbonyl (C=O) groups excluding carboxylic acids is 3. The zero-order chi connectivity index (χ0) is 33.0. The molecule has 12 nitrogen and oxygen atoms in total. The first-order valence-electron chi connectivity index (χ1n) is 13.7. The van der Waals surface area contributed by atoms with Gasteiger partial charge < -0.3 is 26.4 Å². The first-order valence-corrected chi connectivity index (χ1v) is 13.7. The van der Waals surface area contributed by atoms with E-state index in [9.17, 15) is 23.2 Å². The zero-order valence-corrected chi connectivity index (χ0v) is 26.5. The van der Waals surface area contributed by atoms with Gasteiger partial charge in [-0.15, -0.1) is 0 Å². The molecular formula is C29H46F2N8O4. The van der Waals surface area contributed by atoms with Crippen LogP contribution in [0.1, 0.15) is 83.3 Å². The van der Waals surface area contributed by atoms with Crippen molar-refractivity contribution < 1.29 is 27.9 Å². The van der Waals surface area contributed by atoms with Gasteiger partial charge in [0, 0.05) is 36.6 Å². The maximum absolute atomic E-state index is 13.0. The molecule has 14 heteroatoms. The standard InChI is InChI=1S/C17H27FN4O3.C12H19FN4O/c1-16(2,3)20-14(23)13-7-8-22(21-13)11-12(9-18)10-19-15(24)25-17(4,5)6;1-12(2,3)15-11(18)10-4-5-17(16-10)8-9(6-13)7-14/h7-9H,10-11H2,1-6H3,(H,19,24)(H,20,23);4-6H,7-8,14H2,1-3H3,(H,15,18)/b12-9+;9-6+. The Labute approximate surface area is 252 Å². The van der Waals surface area contributed by atoms with E-state index in [1.807, 2.05) is 41.5 Å². The quantitative estimate of drug-likeness (QED) is 0.335. The van der Waals surface area contributed by atoms with E-state index in [2.05, 4.69) is 26.1 Å². The lowest BCUT2D eigenvalue weighted by molar-refractivity contribution is 0.0531. The minimum absolute atomic E-state index is 0.0191. The van der Waals surface area contributed by atoms with Crippen LogP contribution < -0.4 is 21.7 Å². The number of hydrogen-bond donors (Lipinski definition) is 4. The SMILES string of the molecule is CC(C)(C)NC(=O)c1ccn(C/C(=C/F)CN)n1.CC(C)(C)NC(=O)c1ccn(C/C(=C/F)CNC(=O)OC(C)(C)C)n1. The highest BCUT2D eigenvalue weighted by Gasteiger charge is 2.19. The van der Waals surface area contributed by atoms with Crippen molar-refractivity contribution in [1.29, 1.82) is 0 Å². The Bertz CT molecular complexity index is 1280. The molecule has 2 aromatic rings. The molecule has 43 heavy (non-hydrogen) atoms. The van der Waals surface area contributed by atoms with Crippen molar-refractivity contribution in [1.82, 2.24) is 35.5 Å². The average molecular weight is 609 g/mol. The van der Waals surface area contributed by atoms with Gasteiger partial charge in [0.25, 0.3) is 11.8 Å². The number of ether oxygens (including phenoxy) is 1. The first-order chi connectivity index (χ1) is 19.7. The van der Waals surface area contributed by atoms with Crippen molar-refractivity contribution in [3.8, 4) is 0 Å². The van der Waals surface area contributed by atoms with E-state index in [0.717, 1.165) is 0 Å². The topological polar surface area (TPSA) is 158 Å². The predicted octanol–water partition coefficient (Wildman–Crippen LogP) is 4.01. The number of nitrogens with zero attached hydrogens (tertiary/aromatic N) is 4. The summed E-state index contributed by atoms with van der Waals surface area (Å²) < 4.78 is 33.4. The van der Waals surface area contributed by atoms with E-state index in [1.54, 1.807) is 45.3 Å². The number of alkyl carbamates (subject to hydrolysis) is 1. The number of nitrogens with one attached hydrogen (secondary N) is 3. The van der Waals surface area contributed by atoms with Crippen molar-refractivity contribution in [2.75, 3.05) is 13.1 Å². The van der Waals surface area contributed by atoms with Crippen LogP contribution in [-0.4, -0.2) is 67.2 Å². The van der Waals surface area contributed by atoms with Gasteiger partial charge in [0.2, 0.25) is 0 Å². The minimum atomic E-state index is -0.627. The van der Waals surface area contributed by atoms with Crippen LogP contribution >= 0.6 is 0 Å². The monoisotopic (exact) mass is 608 g/mol. The van der Waals surface area contributed by atoms with E-state index < -0.39 is 11.7 Å². The predicted molar refractivity (Wildman–Crippen MR) is 161 cm³/mol. The normalized spacial score (nSPS) is 12.7. The minimum Gasteiger partial charge on any atom is -0.444 e. The molecule has 0 aliphatic carbocycles. The van der Waals surface area contributed by atoms with Gasteiger partial charge in [-0.3, -0.25) is 19.0 Å². The molecule has 0 aliphatic rings. The number of carbonyl (C=O) groups is 3. The molecule has 0 atom stereocenters. The van der Waals surface area contributed by atoms with Gasteiger partial charge in [-0.05, 0) is 85.6 Å². The molecule has 0 fully saturated rings. The van der Waals surface area contributed by atoms with Crippen LogP contribution in [0.15, 0.2) is 48.3 Å². The van der Waals surface area contributed by atoms with Crippen LogP contribution in [0.5, 0.6) is 0 Å². The Morgan fingerprint density at radius 1 is 0.814 bits per heavy atom. The summed E-state index contributed by atoms with van der Waals surface area (Å²) in [5.41, 5.74) is 5.29. The Kier molecular flexibility index (Phi) is 13.7. The Morgan fingerprint density at radius 2 is 1.23 bits per heavy atom. The highest BCUT2D eigenvalue weighted by atomic mass is 19.1. The lowest BCUT2D eigenvalue weighted by Crippen LogP contribution is -2.40. The van der Waals surface area contributed by atoms with Gasteiger partial charge in [-0.25, -0.2) is 13.6 Å². The second-order valence-corrected chi connectivity index (χ2v) is 12.8. The first kappa shape index (κ1) is 37.0. The molecule has 0 aromatic carbocycles. The fourth-order valence-electron chi connectivity index (χ4n) is 3.14. The molecule has 0 aliphatic heterocycles. The van der Waals surface area contributed by atoms with Gasteiger partial charge in [0.15, 0.2) is 0 Å². The fourth-order valence-corrected chi connectivity index (χ4v) is 3.14. The fraction of sp³-hybridized carbons (Fsp3) is 0.552. The number of nitrogens with two attached hydrogens (primary N) is 1. The molecule has 2 heterocycles. The van der Waals surface area contributed by atoms with Crippen LogP contribution in [0.3, 0.4) is 0 Å². The second-order valence-electron chi connectivity index (χ2n) is 12.8. The summed E-state index contributed by atoms with van der Waals surface area (Å²) in [5.74, 6) is -0.552. The number of halogens is 2. The number of amides is 3. The molecular weight excluding hydrogens is 562 g/mol. The van der Waals surface area contributed by atoms with Crippen molar-refractivity contribution in [3.63, 3.8) is 0 Å². The van der Waals surface area contributed by atoms with E-state index in [1.165, 1.54) is 9.36 Å². The van der Waals surface area contributed by atoms with Crippen LogP contribution in [0.4, 0.5) is 13.6 Å². The molecule has 0 radical (unpaired) electrons. The Hall–Kier alpha value is -4.07. The summed E-state index contributed by atoms with van der Waals surface area (Å²) >= 11 is 0. The molecule has 0 saturated heterocycles. The van der Waals surface area contributed by atoms with Gasteiger partial charge in [-0.2, -0.15) is 10.2 Å². The van der Waals surface area contributed by atoms with E-state index in [4.69, 9.17) is 10.5 Å². The molecule has 0 saturated carbocycles. The molecule has 5 N–H and O–H groups in total. The number of aromatic nitrogens is 4. The number of rotatable bonds is 9. The zero-order valence-electron chi connectivity index (χ0n) is 26.5. The van der Waals surface area contributed by atoms with Crippen LogP contribution in [-0.2, 0) is 17.8 Å². The third-order valence-electron chi connectivity index (χ3n) is 4.88. The van der Waals surface area contributed by atoms with Gasteiger partial charge in [-0.1, -0.05) is 0 Å². The summed E-state index contributed by atoms with van der Waals surface area (Å²) in [6.45, 7) is 17.0. The van der Waals surface area contributed by atoms with Crippen LogP contribution in [0.25, 0.3) is 0 Å². The maximum Gasteiger partial charge on any atom is 0.407 e.